The molecule has 0 aromatic rings. The van der Waals surface area contributed by atoms with Gasteiger partial charge in [-0.15, -0.1) is 0 Å². The third-order valence-electron chi connectivity index (χ3n) is 10.7. The number of aliphatic hydroxyl groups is 1. The van der Waals surface area contributed by atoms with Crippen LogP contribution in [0.25, 0.3) is 0 Å². The largest absolute Gasteiger partial charge is 0.472 e. The fourth-order valence-corrected chi connectivity index (χ4v) is 7.62. The second kappa shape index (κ2) is 39.4. The molecule has 0 aliphatic carbocycles. The van der Waals surface area contributed by atoms with E-state index in [1.54, 1.807) is 6.08 Å². The van der Waals surface area contributed by atoms with Gasteiger partial charge in [0.25, 0.3) is 0 Å². The normalized spacial score (nSPS) is 14.5. The smallest absolute Gasteiger partial charge is 0.387 e. The zero-order chi connectivity index (χ0) is 41.4. The number of unbranched alkanes of at least 4 members (excludes halogenated alkanes) is 28. The molecule has 8 nitrogen and oxygen atoms in total. The van der Waals surface area contributed by atoms with Gasteiger partial charge in [-0.05, 0) is 32.1 Å². The van der Waals surface area contributed by atoms with E-state index in [1.807, 2.05) is 27.2 Å². The number of phosphoric ester groups is 1. The first-order chi connectivity index (χ1) is 27.0. The number of quaternary nitrogens is 1. The number of nitrogens with one attached hydrogen (secondary N) is 1. The Kier molecular flexibility index (Phi) is 38.7. The van der Waals surface area contributed by atoms with E-state index in [9.17, 15) is 19.4 Å². The van der Waals surface area contributed by atoms with E-state index >= 15 is 0 Å². The number of phosphoric acid groups is 1. The first kappa shape index (κ1) is 55.0. The number of aliphatic hydroxyl groups excluding tert-OH is 1. The van der Waals surface area contributed by atoms with Crippen LogP contribution in [0.5, 0.6) is 0 Å². The van der Waals surface area contributed by atoms with Crippen molar-refractivity contribution in [1.82, 2.24) is 5.32 Å². The lowest BCUT2D eigenvalue weighted by atomic mass is 10.0. The molecule has 9 heteroatoms. The van der Waals surface area contributed by atoms with Crippen molar-refractivity contribution >= 4 is 13.7 Å². The van der Waals surface area contributed by atoms with Gasteiger partial charge in [-0.25, -0.2) is 4.57 Å². The van der Waals surface area contributed by atoms with E-state index < -0.39 is 20.0 Å². The van der Waals surface area contributed by atoms with Gasteiger partial charge < -0.3 is 19.8 Å². The van der Waals surface area contributed by atoms with Crippen LogP contribution in [0.1, 0.15) is 219 Å². The van der Waals surface area contributed by atoms with Crippen LogP contribution in [0, 0.1) is 0 Å². The Labute approximate surface area is 347 Å². The van der Waals surface area contributed by atoms with E-state index in [0.29, 0.717) is 17.4 Å². The number of carbonyl (C=O) groups excluding carboxylic acids is 1. The van der Waals surface area contributed by atoms with Gasteiger partial charge >= 0.3 is 7.82 Å². The number of rotatable bonds is 43. The Morgan fingerprint density at radius 2 is 0.982 bits per heavy atom. The highest BCUT2D eigenvalue weighted by Crippen LogP contribution is 2.43. The maximum Gasteiger partial charge on any atom is 0.472 e. The quantitative estimate of drug-likeness (QED) is 0.0245. The fourth-order valence-electron chi connectivity index (χ4n) is 6.88. The number of nitrogens with zero attached hydrogens (tertiary/aromatic N) is 1. The molecule has 0 aromatic carbocycles. The van der Waals surface area contributed by atoms with Crippen molar-refractivity contribution in [2.24, 2.45) is 0 Å². The van der Waals surface area contributed by atoms with E-state index in [2.05, 4.69) is 31.3 Å². The summed E-state index contributed by atoms with van der Waals surface area (Å²) in [6, 6.07) is -0.855. The maximum atomic E-state index is 12.6. The zero-order valence-electron chi connectivity index (χ0n) is 37.6. The van der Waals surface area contributed by atoms with Gasteiger partial charge in [0.1, 0.15) is 13.2 Å². The van der Waals surface area contributed by atoms with Crippen molar-refractivity contribution in [3.63, 3.8) is 0 Å². The average molecular weight is 814 g/mol. The minimum atomic E-state index is -4.33. The molecule has 0 radical (unpaired) electrons. The predicted molar refractivity (Wildman–Crippen MR) is 240 cm³/mol. The summed E-state index contributed by atoms with van der Waals surface area (Å²) in [5.41, 5.74) is 0. The summed E-state index contributed by atoms with van der Waals surface area (Å²) in [5, 5.41) is 13.6. The zero-order valence-corrected chi connectivity index (χ0v) is 38.5. The highest BCUT2D eigenvalue weighted by molar-refractivity contribution is 7.47. The lowest BCUT2D eigenvalue weighted by molar-refractivity contribution is -0.870. The molecule has 0 rings (SSSR count). The van der Waals surface area contributed by atoms with Gasteiger partial charge in [0, 0.05) is 6.42 Å². The van der Waals surface area contributed by atoms with Gasteiger partial charge in [-0.2, -0.15) is 0 Å². The number of amides is 1. The lowest BCUT2D eigenvalue weighted by Crippen LogP contribution is -2.45. The summed E-state index contributed by atoms with van der Waals surface area (Å²) in [7, 11) is 1.55. The van der Waals surface area contributed by atoms with E-state index in [-0.39, 0.29) is 19.1 Å². The molecule has 3 N–H and O–H groups in total. The summed E-state index contributed by atoms with van der Waals surface area (Å²) in [6.07, 6.45) is 47.8. The molecule has 0 aliphatic heterocycles. The molecular weight excluding hydrogens is 719 g/mol. The van der Waals surface area contributed by atoms with Crippen molar-refractivity contribution in [2.75, 3.05) is 40.9 Å². The van der Waals surface area contributed by atoms with E-state index in [0.717, 1.165) is 44.9 Å². The van der Waals surface area contributed by atoms with Crippen LogP contribution >= 0.6 is 7.82 Å². The maximum absolute atomic E-state index is 12.6. The molecular formula is C47H94N2O6P+. The fraction of sp³-hybridized carbons (Fsp3) is 0.894. The first-order valence-corrected chi connectivity index (χ1v) is 25.2. The molecule has 1 amide bonds. The molecule has 56 heavy (non-hydrogen) atoms. The van der Waals surface area contributed by atoms with E-state index in [4.69, 9.17) is 9.05 Å². The van der Waals surface area contributed by atoms with Crippen LogP contribution in [0.3, 0.4) is 0 Å². The predicted octanol–water partition coefficient (Wildman–Crippen LogP) is 13.3. The lowest BCUT2D eigenvalue weighted by Gasteiger charge is -2.25. The minimum absolute atomic E-state index is 0.0569. The van der Waals surface area contributed by atoms with Crippen molar-refractivity contribution < 1.29 is 32.9 Å². The van der Waals surface area contributed by atoms with Crippen LogP contribution in [-0.2, 0) is 18.4 Å². The highest BCUT2D eigenvalue weighted by atomic mass is 31.2. The molecule has 0 bridgehead atoms. The Bertz CT molecular complexity index is 969. The summed E-state index contributed by atoms with van der Waals surface area (Å²) in [4.78, 5) is 22.7. The number of likely N-dealkylation sites (N-methyl/N-ethyl adjacent to an activating group) is 1. The Morgan fingerprint density at radius 1 is 0.589 bits per heavy atom. The molecule has 0 heterocycles. The number of hydrogen-bond donors (Lipinski definition) is 3. The Morgan fingerprint density at radius 3 is 1.43 bits per heavy atom. The molecule has 0 saturated heterocycles. The minimum Gasteiger partial charge on any atom is -0.387 e. The first-order valence-electron chi connectivity index (χ1n) is 23.7. The number of hydrogen-bond acceptors (Lipinski definition) is 5. The topological polar surface area (TPSA) is 105 Å². The summed E-state index contributed by atoms with van der Waals surface area (Å²) in [6.45, 7) is 4.67. The van der Waals surface area contributed by atoms with Crippen LogP contribution < -0.4 is 5.32 Å². The van der Waals surface area contributed by atoms with Crippen LogP contribution in [0.15, 0.2) is 24.3 Å². The van der Waals surface area contributed by atoms with Crippen molar-refractivity contribution in [1.29, 1.82) is 0 Å². The van der Waals surface area contributed by atoms with Gasteiger partial charge in [-0.3, -0.25) is 13.8 Å². The second-order valence-electron chi connectivity index (χ2n) is 17.5. The molecule has 0 spiro atoms. The Hall–Kier alpha value is -1.02. The summed E-state index contributed by atoms with van der Waals surface area (Å²) in [5.74, 6) is -0.204. The monoisotopic (exact) mass is 814 g/mol. The average Bonchev–Trinajstić information content (AvgIpc) is 3.15. The van der Waals surface area contributed by atoms with E-state index in [1.165, 1.54) is 154 Å². The number of allylic oxidation sites excluding steroid dienone is 3. The molecule has 3 unspecified atom stereocenters. The number of carbonyl (C=O) groups is 1. The van der Waals surface area contributed by atoms with Crippen LogP contribution in [0.4, 0.5) is 0 Å². The van der Waals surface area contributed by atoms with Crippen LogP contribution in [0.2, 0.25) is 0 Å². The van der Waals surface area contributed by atoms with Crippen molar-refractivity contribution in [3.05, 3.63) is 24.3 Å². The second-order valence-corrected chi connectivity index (χ2v) is 18.9. The standard InChI is InChI=1S/C47H93N2O6P/c1-6-8-10-12-13-14-15-16-17-18-19-20-21-22-23-24-25-26-27-28-29-30-31-32-33-34-35-36-37-38-40-46(50)45(48-47(51)41-39-11-9-7-2)44-55-56(52,53)54-43-42-49(3,4)5/h34-35,38,40,45-46,50H,6-33,36-37,39,41-44H2,1-5H3,(H-,48,51,52,53)/p+1/b35-34+,40-38+. The van der Waals surface area contributed by atoms with Crippen LogP contribution in [-0.4, -0.2) is 73.4 Å². The highest BCUT2D eigenvalue weighted by Gasteiger charge is 2.27. The van der Waals surface area contributed by atoms with Crippen molar-refractivity contribution in [2.45, 2.75) is 231 Å². The van der Waals surface area contributed by atoms with Gasteiger partial charge in [0.2, 0.25) is 5.91 Å². The third kappa shape index (κ3) is 41.2. The van der Waals surface area contributed by atoms with Gasteiger partial charge in [0.15, 0.2) is 0 Å². The SMILES string of the molecule is CCCCCCCCCCCCCCCCCCCCCCCCCC/C=C/CC/C=C/C(O)C(COP(=O)(O)OCC[N+](C)(C)C)NC(=O)CCCCCC. The van der Waals surface area contributed by atoms with Gasteiger partial charge in [0.05, 0.1) is 39.9 Å². The third-order valence-corrected chi connectivity index (χ3v) is 11.7. The van der Waals surface area contributed by atoms with Gasteiger partial charge in [-0.1, -0.05) is 205 Å². The molecule has 0 saturated carbocycles. The molecule has 3 atom stereocenters. The molecule has 0 fully saturated rings. The molecule has 0 aromatic heterocycles. The molecule has 332 valence electrons. The summed E-state index contributed by atoms with van der Waals surface area (Å²) >= 11 is 0. The summed E-state index contributed by atoms with van der Waals surface area (Å²) < 4.78 is 23.3. The van der Waals surface area contributed by atoms with Crippen molar-refractivity contribution in [3.8, 4) is 0 Å². The Balaban J connectivity index is 3.93. The molecule has 0 aliphatic rings.